The van der Waals surface area contributed by atoms with Crippen LogP contribution >= 0.6 is 0 Å². The van der Waals surface area contributed by atoms with E-state index in [0.29, 0.717) is 0 Å². The van der Waals surface area contributed by atoms with Crippen LogP contribution in [0.25, 0.3) is 0 Å². The molecular formula is H3LiMnO2. The average Bonchev–Trinajstić information content (AvgIpc) is 0. The van der Waals surface area contributed by atoms with Crippen molar-refractivity contribution < 1.29 is 28.0 Å². The van der Waals surface area contributed by atoms with Gasteiger partial charge in [-0.25, -0.2) is 0 Å². The SMILES string of the molecule is [LiH].[Mn+2].[OH-].[OH-]. The first-order valence-corrected chi connectivity index (χ1v) is 0. The van der Waals surface area contributed by atoms with Crippen molar-refractivity contribution in [2.75, 3.05) is 0 Å². The molecule has 0 saturated carbocycles. The van der Waals surface area contributed by atoms with E-state index < -0.39 is 0 Å². The van der Waals surface area contributed by atoms with Crippen molar-refractivity contribution in [1.29, 1.82) is 0 Å². The molecule has 2 N–H and O–H groups in total. The van der Waals surface area contributed by atoms with Crippen LogP contribution in [0.1, 0.15) is 0 Å². The van der Waals surface area contributed by atoms with Gasteiger partial charge in [0.2, 0.25) is 0 Å². The largest absolute Gasteiger partial charge is 2.00 e. The number of rotatable bonds is 0. The molecular weight excluding hydrogens is 93.9 g/mol. The summed E-state index contributed by atoms with van der Waals surface area (Å²) in [5.74, 6) is 0. The van der Waals surface area contributed by atoms with E-state index in [9.17, 15) is 0 Å². The standard InChI is InChI=1S/Li.Mn.2H2O.H/h;;2*1H2;/q;+2;;;/p-2. The molecule has 0 bridgehead atoms. The quantitative estimate of drug-likeness (QED) is 0.364. The van der Waals surface area contributed by atoms with E-state index >= 15 is 0 Å². The molecule has 0 rings (SSSR count). The van der Waals surface area contributed by atoms with Gasteiger partial charge >= 0.3 is 35.9 Å². The van der Waals surface area contributed by atoms with E-state index in [0.717, 1.165) is 0 Å². The Morgan fingerprint density at radius 3 is 0.750 bits per heavy atom. The number of hydrogen-bond donors (Lipinski definition) is 0. The summed E-state index contributed by atoms with van der Waals surface area (Å²) in [4.78, 5) is 0. The van der Waals surface area contributed by atoms with Gasteiger partial charge in [-0.3, -0.25) is 0 Å². The Morgan fingerprint density at radius 1 is 0.750 bits per heavy atom. The van der Waals surface area contributed by atoms with Crippen LogP contribution in [0.3, 0.4) is 0 Å². The van der Waals surface area contributed by atoms with E-state index in [1.807, 2.05) is 0 Å². The Kier molecular flexibility index (Phi) is 661. The van der Waals surface area contributed by atoms with E-state index in [-0.39, 0.29) is 46.9 Å². The Bertz CT molecular complexity index is 6.00. The van der Waals surface area contributed by atoms with Gasteiger partial charge < -0.3 is 11.0 Å². The zero-order valence-corrected chi connectivity index (χ0v) is 2.45. The van der Waals surface area contributed by atoms with Crippen LogP contribution in [0.2, 0.25) is 0 Å². The topological polar surface area (TPSA) is 60.0 Å². The summed E-state index contributed by atoms with van der Waals surface area (Å²) in [5, 5.41) is 0. The second-order valence-electron chi connectivity index (χ2n) is 0. The molecule has 0 aliphatic carbocycles. The first-order chi connectivity index (χ1) is 0. The first-order valence-electron chi connectivity index (χ1n) is 0. The van der Waals surface area contributed by atoms with Gasteiger partial charge in [0.05, 0.1) is 0 Å². The van der Waals surface area contributed by atoms with Crippen LogP contribution in [0.4, 0.5) is 0 Å². The monoisotopic (exact) mass is 97.0 g/mol. The summed E-state index contributed by atoms with van der Waals surface area (Å²) in [6, 6.07) is 0. The molecule has 0 unspecified atom stereocenters. The third kappa shape index (κ3) is 11.7. The maximum Gasteiger partial charge on any atom is 2.00 e. The van der Waals surface area contributed by atoms with Crippen LogP contribution in [0.15, 0.2) is 0 Å². The van der Waals surface area contributed by atoms with Crippen molar-refractivity contribution in [3.8, 4) is 0 Å². The Labute approximate surface area is 47.2 Å². The fourth-order valence-corrected chi connectivity index (χ4v) is 0. The van der Waals surface area contributed by atoms with Gasteiger partial charge in [-0.1, -0.05) is 0 Å². The number of hydrogen-bond acceptors (Lipinski definition) is 2. The molecule has 0 aliphatic heterocycles. The molecule has 0 fully saturated rings. The molecule has 1 radical (unpaired) electrons. The Balaban J connectivity index is 0. The van der Waals surface area contributed by atoms with Crippen molar-refractivity contribution in [3.05, 3.63) is 0 Å². The Morgan fingerprint density at radius 2 is 0.750 bits per heavy atom. The van der Waals surface area contributed by atoms with Gasteiger partial charge in [0.1, 0.15) is 0 Å². The van der Waals surface area contributed by atoms with Crippen molar-refractivity contribution in [1.82, 2.24) is 0 Å². The smallest absolute Gasteiger partial charge is 0.870 e. The first kappa shape index (κ1) is 76.3. The van der Waals surface area contributed by atoms with E-state index in [2.05, 4.69) is 0 Å². The summed E-state index contributed by atoms with van der Waals surface area (Å²) in [5.41, 5.74) is 0. The van der Waals surface area contributed by atoms with E-state index in [1.54, 1.807) is 0 Å². The third-order valence-electron chi connectivity index (χ3n) is 0. The predicted octanol–water partition coefficient (Wildman–Crippen LogP) is -1.00. The molecule has 23 valence electrons. The Hall–Kier alpha value is 1.04. The molecule has 0 aliphatic rings. The van der Waals surface area contributed by atoms with Gasteiger partial charge in [0.15, 0.2) is 0 Å². The van der Waals surface area contributed by atoms with Crippen molar-refractivity contribution in [2.24, 2.45) is 0 Å². The van der Waals surface area contributed by atoms with Gasteiger partial charge in [-0.2, -0.15) is 0 Å². The molecule has 0 heterocycles. The molecule has 0 aromatic heterocycles. The second kappa shape index (κ2) is 34.6. The maximum atomic E-state index is 0. The van der Waals surface area contributed by atoms with E-state index in [4.69, 9.17) is 0 Å². The summed E-state index contributed by atoms with van der Waals surface area (Å²) >= 11 is 0. The summed E-state index contributed by atoms with van der Waals surface area (Å²) in [6.07, 6.45) is 0. The van der Waals surface area contributed by atoms with Crippen molar-refractivity contribution >= 4 is 18.9 Å². The van der Waals surface area contributed by atoms with Crippen molar-refractivity contribution in [2.45, 2.75) is 0 Å². The normalized spacial score (nSPS) is 0. The molecule has 0 aromatic carbocycles. The third-order valence-corrected chi connectivity index (χ3v) is 0. The summed E-state index contributed by atoms with van der Waals surface area (Å²) < 4.78 is 0. The van der Waals surface area contributed by atoms with Gasteiger partial charge in [0, 0.05) is 0 Å². The van der Waals surface area contributed by atoms with Crippen molar-refractivity contribution in [3.63, 3.8) is 0 Å². The molecule has 0 aromatic rings. The summed E-state index contributed by atoms with van der Waals surface area (Å²) in [6.45, 7) is 0. The average molecular weight is 96.9 g/mol. The van der Waals surface area contributed by atoms with Crippen LogP contribution in [-0.2, 0) is 17.1 Å². The zero-order chi connectivity index (χ0) is 0. The second-order valence-corrected chi connectivity index (χ2v) is 0. The van der Waals surface area contributed by atoms with Gasteiger partial charge in [-0.05, 0) is 0 Å². The fourth-order valence-electron chi connectivity index (χ4n) is 0. The van der Waals surface area contributed by atoms with Crippen LogP contribution in [-0.4, -0.2) is 29.8 Å². The molecule has 0 atom stereocenters. The summed E-state index contributed by atoms with van der Waals surface area (Å²) in [7, 11) is 0. The molecule has 0 spiro atoms. The molecule has 2 nitrogen and oxygen atoms in total. The van der Waals surface area contributed by atoms with E-state index in [1.165, 1.54) is 0 Å². The maximum absolute atomic E-state index is 0. The minimum absolute atomic E-state index is 0. The zero-order valence-electron chi connectivity index (χ0n) is 1.27. The van der Waals surface area contributed by atoms with Crippen LogP contribution in [0.5, 0.6) is 0 Å². The molecule has 0 amide bonds. The predicted molar refractivity (Wildman–Crippen MR) is 11.0 cm³/mol. The van der Waals surface area contributed by atoms with Gasteiger partial charge in [0.25, 0.3) is 0 Å². The molecule has 0 saturated heterocycles. The van der Waals surface area contributed by atoms with Crippen LogP contribution < -0.4 is 0 Å². The molecule has 4 heteroatoms. The van der Waals surface area contributed by atoms with Crippen LogP contribution in [0, 0.1) is 0 Å². The fraction of sp³-hybridized carbons (Fsp3) is 0. The van der Waals surface area contributed by atoms with Gasteiger partial charge in [-0.15, -0.1) is 0 Å². The molecule has 4 heavy (non-hydrogen) atoms. The minimum atomic E-state index is 0. The minimum Gasteiger partial charge on any atom is -0.870 e.